The summed E-state index contributed by atoms with van der Waals surface area (Å²) < 4.78 is 11.0. The smallest absolute Gasteiger partial charge is 0.261 e. The summed E-state index contributed by atoms with van der Waals surface area (Å²) in [5.74, 6) is 0.984. The Bertz CT molecular complexity index is 833. The maximum absolute atomic E-state index is 13.1. The first-order chi connectivity index (χ1) is 13.9. The van der Waals surface area contributed by atoms with Crippen molar-refractivity contribution in [2.75, 3.05) is 20.8 Å². The zero-order chi connectivity index (χ0) is 21.4. The number of aryl methyl sites for hydroxylation is 2. The number of rotatable bonds is 9. The van der Waals surface area contributed by atoms with E-state index in [0.29, 0.717) is 18.7 Å². The third kappa shape index (κ3) is 5.98. The number of hydrogen-bond acceptors (Lipinski definition) is 4. The maximum atomic E-state index is 13.1. The quantitative estimate of drug-likeness (QED) is 0.704. The van der Waals surface area contributed by atoms with Gasteiger partial charge in [0.15, 0.2) is 6.61 Å². The monoisotopic (exact) mass is 398 g/mol. The van der Waals surface area contributed by atoms with Crippen LogP contribution in [0.4, 0.5) is 0 Å². The standard InChI is InChI=1S/C23H30N2O4/c1-6-20(23(27)24-4)25(14-18-9-11-19(28-5)12-10-18)22(26)15-29-21-13-16(2)7-8-17(21)3/h7-13,20H,6,14-15H2,1-5H3,(H,24,27). The van der Waals surface area contributed by atoms with E-state index in [1.165, 1.54) is 0 Å². The summed E-state index contributed by atoms with van der Waals surface area (Å²) in [7, 11) is 3.18. The number of carbonyl (C=O) groups excluding carboxylic acids is 2. The second kappa shape index (κ2) is 10.5. The van der Waals surface area contributed by atoms with Gasteiger partial charge in [0.25, 0.3) is 5.91 Å². The van der Waals surface area contributed by atoms with Crippen LogP contribution >= 0.6 is 0 Å². The number of amides is 2. The van der Waals surface area contributed by atoms with Gasteiger partial charge in [-0.1, -0.05) is 31.2 Å². The van der Waals surface area contributed by atoms with Gasteiger partial charge in [0, 0.05) is 13.6 Å². The van der Waals surface area contributed by atoms with Crippen LogP contribution in [0.15, 0.2) is 42.5 Å². The fourth-order valence-electron chi connectivity index (χ4n) is 3.10. The fourth-order valence-corrected chi connectivity index (χ4v) is 3.10. The van der Waals surface area contributed by atoms with E-state index in [2.05, 4.69) is 5.32 Å². The summed E-state index contributed by atoms with van der Waals surface area (Å²) in [6, 6.07) is 12.8. The summed E-state index contributed by atoms with van der Waals surface area (Å²) in [6.45, 7) is 5.98. The molecular formula is C23H30N2O4. The van der Waals surface area contributed by atoms with Crippen LogP contribution in [0.25, 0.3) is 0 Å². The van der Waals surface area contributed by atoms with Crippen LogP contribution < -0.4 is 14.8 Å². The Morgan fingerprint density at radius 2 is 1.79 bits per heavy atom. The molecule has 2 aromatic rings. The predicted octanol–water partition coefficient (Wildman–Crippen LogP) is 3.24. The summed E-state index contributed by atoms with van der Waals surface area (Å²) in [5.41, 5.74) is 2.93. The van der Waals surface area contributed by atoms with Gasteiger partial charge in [-0.2, -0.15) is 0 Å². The van der Waals surface area contributed by atoms with Gasteiger partial charge in [-0.05, 0) is 55.2 Å². The van der Waals surface area contributed by atoms with Crippen molar-refractivity contribution in [3.8, 4) is 11.5 Å². The lowest BCUT2D eigenvalue weighted by Crippen LogP contribution is -2.49. The number of ether oxygens (including phenoxy) is 2. The summed E-state index contributed by atoms with van der Waals surface area (Å²) in [5, 5.41) is 2.65. The highest BCUT2D eigenvalue weighted by molar-refractivity contribution is 5.88. The number of nitrogens with one attached hydrogen (secondary N) is 1. The highest BCUT2D eigenvalue weighted by Gasteiger charge is 2.28. The zero-order valence-corrected chi connectivity index (χ0v) is 17.8. The van der Waals surface area contributed by atoms with Gasteiger partial charge in [-0.15, -0.1) is 0 Å². The fraction of sp³-hybridized carbons (Fsp3) is 0.391. The Kier molecular flexibility index (Phi) is 8.07. The van der Waals surface area contributed by atoms with Crippen LogP contribution in [0.1, 0.15) is 30.0 Å². The topological polar surface area (TPSA) is 67.9 Å². The molecule has 1 atom stereocenters. The van der Waals surface area contributed by atoms with Crippen molar-refractivity contribution in [2.24, 2.45) is 0 Å². The van der Waals surface area contributed by atoms with Gasteiger partial charge in [-0.3, -0.25) is 9.59 Å². The molecule has 156 valence electrons. The SMILES string of the molecule is CCC(C(=O)NC)N(Cc1ccc(OC)cc1)C(=O)COc1cc(C)ccc1C. The summed E-state index contributed by atoms with van der Waals surface area (Å²) >= 11 is 0. The first-order valence-electron chi connectivity index (χ1n) is 9.73. The lowest BCUT2D eigenvalue weighted by atomic mass is 10.1. The summed E-state index contributed by atoms with van der Waals surface area (Å²) in [6.07, 6.45) is 0.505. The first-order valence-corrected chi connectivity index (χ1v) is 9.73. The van der Waals surface area contributed by atoms with Crippen LogP contribution in [0, 0.1) is 13.8 Å². The Morgan fingerprint density at radius 1 is 1.10 bits per heavy atom. The van der Waals surface area contributed by atoms with Gasteiger partial charge in [0.2, 0.25) is 5.91 Å². The molecule has 6 nitrogen and oxygen atoms in total. The Labute approximate surface area is 172 Å². The molecule has 2 rings (SSSR count). The molecule has 0 saturated carbocycles. The summed E-state index contributed by atoms with van der Waals surface area (Å²) in [4.78, 5) is 27.0. The van der Waals surface area contributed by atoms with Gasteiger partial charge in [-0.25, -0.2) is 0 Å². The van der Waals surface area contributed by atoms with Crippen LogP contribution in [0.5, 0.6) is 11.5 Å². The van der Waals surface area contributed by atoms with Crippen LogP contribution in [0.3, 0.4) is 0 Å². The number of benzene rings is 2. The molecule has 29 heavy (non-hydrogen) atoms. The number of nitrogens with zero attached hydrogens (tertiary/aromatic N) is 1. The third-order valence-electron chi connectivity index (χ3n) is 4.84. The molecule has 0 heterocycles. The molecule has 0 radical (unpaired) electrons. The normalized spacial score (nSPS) is 11.5. The molecule has 0 aliphatic carbocycles. The molecule has 6 heteroatoms. The molecule has 0 bridgehead atoms. The Balaban J connectivity index is 2.21. The number of methoxy groups -OCH3 is 1. The van der Waals surface area contributed by atoms with Crippen molar-refractivity contribution in [1.29, 1.82) is 0 Å². The molecule has 1 unspecified atom stereocenters. The first kappa shape index (κ1) is 22.3. The van der Waals surface area contributed by atoms with Crippen molar-refractivity contribution < 1.29 is 19.1 Å². The van der Waals surface area contributed by atoms with E-state index in [9.17, 15) is 9.59 Å². The molecular weight excluding hydrogens is 368 g/mol. The van der Waals surface area contributed by atoms with E-state index in [-0.39, 0.29) is 18.4 Å². The molecule has 2 aromatic carbocycles. The highest BCUT2D eigenvalue weighted by Crippen LogP contribution is 2.20. The molecule has 0 aliphatic heterocycles. The molecule has 0 aromatic heterocycles. The average Bonchev–Trinajstić information content (AvgIpc) is 2.74. The van der Waals surface area contributed by atoms with Crippen molar-refractivity contribution in [2.45, 2.75) is 39.8 Å². The van der Waals surface area contributed by atoms with Crippen molar-refractivity contribution in [1.82, 2.24) is 10.2 Å². The van der Waals surface area contributed by atoms with E-state index in [4.69, 9.17) is 9.47 Å². The number of carbonyl (C=O) groups is 2. The van der Waals surface area contributed by atoms with Crippen molar-refractivity contribution in [3.63, 3.8) is 0 Å². The molecule has 0 fully saturated rings. The van der Waals surface area contributed by atoms with Crippen molar-refractivity contribution in [3.05, 3.63) is 59.2 Å². The van der Waals surface area contributed by atoms with Crippen LogP contribution in [0.2, 0.25) is 0 Å². The van der Waals surface area contributed by atoms with Crippen LogP contribution in [-0.2, 0) is 16.1 Å². The highest BCUT2D eigenvalue weighted by atomic mass is 16.5. The second-order valence-electron chi connectivity index (χ2n) is 6.97. The predicted molar refractivity (Wildman–Crippen MR) is 113 cm³/mol. The minimum Gasteiger partial charge on any atom is -0.497 e. The third-order valence-corrected chi connectivity index (χ3v) is 4.84. The van der Waals surface area contributed by atoms with E-state index >= 15 is 0 Å². The van der Waals surface area contributed by atoms with Gasteiger partial charge in [0.1, 0.15) is 17.5 Å². The van der Waals surface area contributed by atoms with Crippen LogP contribution in [-0.4, -0.2) is 43.5 Å². The maximum Gasteiger partial charge on any atom is 0.261 e. The molecule has 1 N–H and O–H groups in total. The minimum atomic E-state index is -0.572. The average molecular weight is 399 g/mol. The Hall–Kier alpha value is -3.02. The molecule has 2 amide bonds. The van der Waals surface area contributed by atoms with Gasteiger partial charge < -0.3 is 19.7 Å². The molecule has 0 spiro atoms. The molecule has 0 saturated heterocycles. The number of likely N-dealkylation sites (N-methyl/N-ethyl adjacent to an activating group) is 1. The lowest BCUT2D eigenvalue weighted by Gasteiger charge is -2.30. The van der Waals surface area contributed by atoms with E-state index in [1.54, 1.807) is 19.1 Å². The second-order valence-corrected chi connectivity index (χ2v) is 6.97. The van der Waals surface area contributed by atoms with E-state index in [1.807, 2.05) is 63.2 Å². The van der Waals surface area contributed by atoms with Gasteiger partial charge >= 0.3 is 0 Å². The Morgan fingerprint density at radius 3 is 2.38 bits per heavy atom. The minimum absolute atomic E-state index is 0.131. The zero-order valence-electron chi connectivity index (χ0n) is 17.8. The molecule has 0 aliphatic rings. The van der Waals surface area contributed by atoms with E-state index < -0.39 is 6.04 Å². The van der Waals surface area contributed by atoms with Crippen molar-refractivity contribution >= 4 is 11.8 Å². The lowest BCUT2D eigenvalue weighted by molar-refractivity contribution is -0.142. The number of hydrogen-bond donors (Lipinski definition) is 1. The van der Waals surface area contributed by atoms with Gasteiger partial charge in [0.05, 0.1) is 7.11 Å². The largest absolute Gasteiger partial charge is 0.497 e. The van der Waals surface area contributed by atoms with E-state index in [0.717, 1.165) is 22.4 Å².